The highest BCUT2D eigenvalue weighted by Crippen LogP contribution is 2.22. The lowest BCUT2D eigenvalue weighted by atomic mass is 10.1. The van der Waals surface area contributed by atoms with Crippen molar-refractivity contribution in [2.75, 3.05) is 0 Å². The molecule has 3 nitrogen and oxygen atoms in total. The Hall–Kier alpha value is -3.59. The minimum Gasteiger partial charge on any atom is -0.254 e. The normalized spacial score (nSPS) is 11.7. The fraction of sp³-hybridized carbons (Fsp3) is 0. The van der Waals surface area contributed by atoms with E-state index < -0.39 is 0 Å². The van der Waals surface area contributed by atoms with Crippen molar-refractivity contribution in [3.05, 3.63) is 90.4 Å². The van der Waals surface area contributed by atoms with Gasteiger partial charge in [-0.15, -0.1) is 0 Å². The highest BCUT2D eigenvalue weighted by molar-refractivity contribution is 6.02. The predicted octanol–water partition coefficient (Wildman–Crippen LogP) is 5.50. The second kappa shape index (κ2) is 6.05. The van der Waals surface area contributed by atoms with Crippen molar-refractivity contribution >= 4 is 44.9 Å². The molecule has 0 aliphatic heterocycles. The Kier molecular flexibility index (Phi) is 3.42. The van der Waals surface area contributed by atoms with Gasteiger partial charge in [-0.05, 0) is 36.4 Å². The molecule has 0 fully saturated rings. The van der Waals surface area contributed by atoms with Crippen LogP contribution in [0.2, 0.25) is 0 Å². The van der Waals surface area contributed by atoms with Crippen molar-refractivity contribution in [3.63, 3.8) is 0 Å². The monoisotopic (exact) mass is 333 g/mol. The van der Waals surface area contributed by atoms with Crippen LogP contribution in [0, 0.1) is 0 Å². The summed E-state index contributed by atoms with van der Waals surface area (Å²) < 4.78 is 0. The fourth-order valence-electron chi connectivity index (χ4n) is 3.18. The maximum Gasteiger partial charge on any atom is 0.0971 e. The number of aromatic nitrogens is 3. The van der Waals surface area contributed by atoms with Gasteiger partial charge >= 0.3 is 0 Å². The molecule has 0 amide bonds. The van der Waals surface area contributed by atoms with Crippen LogP contribution in [-0.4, -0.2) is 15.0 Å². The Morgan fingerprint density at radius 1 is 0.538 bits per heavy atom. The van der Waals surface area contributed by atoms with E-state index in [1.54, 1.807) is 0 Å². The van der Waals surface area contributed by atoms with Crippen molar-refractivity contribution in [1.29, 1.82) is 0 Å². The summed E-state index contributed by atoms with van der Waals surface area (Å²) in [5.41, 5.74) is 4.67. The molecule has 5 aromatic rings. The molecular weight excluding hydrogens is 318 g/mol. The first-order valence-corrected chi connectivity index (χ1v) is 8.55. The minimum atomic E-state index is 0.894. The Bertz CT molecular complexity index is 1290. The van der Waals surface area contributed by atoms with Gasteiger partial charge in [-0.3, -0.25) is 4.98 Å². The van der Waals surface area contributed by atoms with E-state index in [1.807, 2.05) is 54.7 Å². The zero-order chi connectivity index (χ0) is 17.3. The zero-order valence-corrected chi connectivity index (χ0v) is 14.0. The summed E-state index contributed by atoms with van der Waals surface area (Å²) in [6.07, 6.45) is 5.81. The molecule has 0 N–H and O–H groups in total. The molecule has 0 saturated heterocycles. The Balaban J connectivity index is 1.57. The third-order valence-electron chi connectivity index (χ3n) is 4.50. The molecule has 26 heavy (non-hydrogen) atoms. The average Bonchev–Trinajstić information content (AvgIpc) is 2.72. The second-order valence-corrected chi connectivity index (χ2v) is 6.21. The molecule has 5 rings (SSSR count). The number of rotatable bonds is 2. The van der Waals surface area contributed by atoms with Crippen LogP contribution >= 0.6 is 0 Å². The zero-order valence-electron chi connectivity index (χ0n) is 14.0. The molecule has 0 aliphatic rings. The van der Waals surface area contributed by atoms with Gasteiger partial charge in [-0.25, -0.2) is 9.97 Å². The van der Waals surface area contributed by atoms with Crippen LogP contribution in [0.15, 0.2) is 79.0 Å². The van der Waals surface area contributed by atoms with Gasteiger partial charge < -0.3 is 0 Å². The van der Waals surface area contributed by atoms with E-state index in [2.05, 4.69) is 46.4 Å². The van der Waals surface area contributed by atoms with E-state index in [-0.39, 0.29) is 0 Å². The van der Waals surface area contributed by atoms with Gasteiger partial charge in [-0.2, -0.15) is 0 Å². The molecule has 0 unspecified atom stereocenters. The lowest BCUT2D eigenvalue weighted by Gasteiger charge is -2.03. The third-order valence-corrected chi connectivity index (χ3v) is 4.50. The smallest absolute Gasteiger partial charge is 0.0971 e. The third kappa shape index (κ3) is 2.60. The highest BCUT2D eigenvalue weighted by atomic mass is 14.7. The number of nitrogens with zero attached hydrogens (tertiary/aromatic N) is 3. The molecular formula is C23H15N3. The number of para-hydroxylation sites is 1. The molecule has 3 heteroatoms. The van der Waals surface area contributed by atoms with E-state index in [4.69, 9.17) is 4.98 Å². The predicted molar refractivity (Wildman–Crippen MR) is 108 cm³/mol. The van der Waals surface area contributed by atoms with Gasteiger partial charge in [0.15, 0.2) is 0 Å². The molecule has 0 aliphatic carbocycles. The van der Waals surface area contributed by atoms with E-state index >= 15 is 0 Å². The summed E-state index contributed by atoms with van der Waals surface area (Å²) in [5.74, 6) is 0. The molecule has 0 spiro atoms. The minimum absolute atomic E-state index is 0.894. The lowest BCUT2D eigenvalue weighted by Crippen LogP contribution is -1.88. The maximum absolute atomic E-state index is 4.80. The Morgan fingerprint density at radius 3 is 2.08 bits per heavy atom. The second-order valence-electron chi connectivity index (χ2n) is 6.21. The SMILES string of the molecule is C(=C/c1ccc2ccc3cccnc3c2n1)/c1ccc2ccccc2n1. The van der Waals surface area contributed by atoms with Gasteiger partial charge in [0, 0.05) is 22.4 Å². The topological polar surface area (TPSA) is 38.7 Å². The van der Waals surface area contributed by atoms with Crippen LogP contribution in [0.3, 0.4) is 0 Å². The van der Waals surface area contributed by atoms with Crippen molar-refractivity contribution < 1.29 is 0 Å². The fourth-order valence-corrected chi connectivity index (χ4v) is 3.18. The molecule has 122 valence electrons. The van der Waals surface area contributed by atoms with Crippen molar-refractivity contribution in [2.24, 2.45) is 0 Å². The molecule has 0 saturated carbocycles. The van der Waals surface area contributed by atoms with Gasteiger partial charge in [0.05, 0.1) is 27.9 Å². The highest BCUT2D eigenvalue weighted by Gasteiger charge is 2.03. The molecule has 3 aromatic heterocycles. The summed E-state index contributed by atoms with van der Waals surface area (Å²) in [4.78, 5) is 14.0. The van der Waals surface area contributed by atoms with E-state index in [0.717, 1.165) is 44.1 Å². The van der Waals surface area contributed by atoms with Crippen molar-refractivity contribution in [2.45, 2.75) is 0 Å². The standard InChI is InChI=1S/C23H15N3/c1-2-6-21-16(4-1)9-11-19(25-21)13-14-20-12-10-18-8-7-17-5-3-15-24-22(17)23(18)26-20/h1-15H/b14-13-. The van der Waals surface area contributed by atoms with Crippen LogP contribution in [0.25, 0.3) is 44.9 Å². The van der Waals surface area contributed by atoms with E-state index in [0.29, 0.717) is 0 Å². The average molecular weight is 333 g/mol. The van der Waals surface area contributed by atoms with Gasteiger partial charge in [-0.1, -0.05) is 48.5 Å². The van der Waals surface area contributed by atoms with Crippen LogP contribution < -0.4 is 0 Å². The first-order chi connectivity index (χ1) is 12.9. The van der Waals surface area contributed by atoms with Crippen LogP contribution in [0.1, 0.15) is 11.4 Å². The number of pyridine rings is 3. The molecule has 0 atom stereocenters. The first kappa shape index (κ1) is 14.7. The summed E-state index contributed by atoms with van der Waals surface area (Å²) in [6.45, 7) is 0. The number of fused-ring (bicyclic) bond motifs is 4. The van der Waals surface area contributed by atoms with Crippen molar-refractivity contribution in [3.8, 4) is 0 Å². The molecule has 0 radical (unpaired) electrons. The van der Waals surface area contributed by atoms with E-state index in [9.17, 15) is 0 Å². The summed E-state index contributed by atoms with van der Waals surface area (Å²) >= 11 is 0. The molecule has 2 aromatic carbocycles. The van der Waals surface area contributed by atoms with Crippen molar-refractivity contribution in [1.82, 2.24) is 15.0 Å². The van der Waals surface area contributed by atoms with E-state index in [1.165, 1.54) is 0 Å². The summed E-state index contributed by atoms with van der Waals surface area (Å²) in [7, 11) is 0. The van der Waals surface area contributed by atoms with Crippen LogP contribution in [0.4, 0.5) is 0 Å². The van der Waals surface area contributed by atoms with Gasteiger partial charge in [0.25, 0.3) is 0 Å². The molecule has 3 heterocycles. The lowest BCUT2D eigenvalue weighted by molar-refractivity contribution is 1.35. The Morgan fingerprint density at radius 2 is 1.19 bits per heavy atom. The Labute approximate surface area is 150 Å². The van der Waals surface area contributed by atoms with Gasteiger partial charge in [0.2, 0.25) is 0 Å². The van der Waals surface area contributed by atoms with Crippen LogP contribution in [-0.2, 0) is 0 Å². The first-order valence-electron chi connectivity index (χ1n) is 8.55. The number of hydrogen-bond donors (Lipinski definition) is 0. The van der Waals surface area contributed by atoms with Gasteiger partial charge in [0.1, 0.15) is 0 Å². The number of benzene rings is 2. The summed E-state index contributed by atoms with van der Waals surface area (Å²) in [5, 5.41) is 3.34. The quantitative estimate of drug-likeness (QED) is 0.400. The number of hydrogen-bond acceptors (Lipinski definition) is 3. The maximum atomic E-state index is 4.80. The largest absolute Gasteiger partial charge is 0.254 e. The molecule has 0 bridgehead atoms. The van der Waals surface area contributed by atoms with Crippen LogP contribution in [0.5, 0.6) is 0 Å². The summed E-state index contributed by atoms with van der Waals surface area (Å²) in [6, 6.07) is 24.5.